The Kier molecular flexibility index (Phi) is 5.10. The van der Waals surface area contributed by atoms with Crippen LogP contribution in [-0.4, -0.2) is 38.9 Å². The fourth-order valence-electron chi connectivity index (χ4n) is 3.05. The fraction of sp³-hybridized carbons (Fsp3) is 0.588. The zero-order valence-corrected chi connectivity index (χ0v) is 13.6. The van der Waals surface area contributed by atoms with Gasteiger partial charge in [-0.1, -0.05) is 18.6 Å². The highest BCUT2D eigenvalue weighted by atomic mass is 16.3. The largest absolute Gasteiger partial charge is 0.472 e. The van der Waals surface area contributed by atoms with E-state index < -0.39 is 0 Å². The first kappa shape index (κ1) is 15.8. The lowest BCUT2D eigenvalue weighted by molar-refractivity contribution is 0.0680. The number of aromatic nitrogens is 3. The van der Waals surface area contributed by atoms with Gasteiger partial charge in [0, 0.05) is 25.8 Å². The Morgan fingerprint density at radius 1 is 1.39 bits per heavy atom. The van der Waals surface area contributed by atoms with Crippen molar-refractivity contribution in [1.82, 2.24) is 19.9 Å². The highest BCUT2D eigenvalue weighted by Crippen LogP contribution is 2.20. The van der Waals surface area contributed by atoms with Crippen molar-refractivity contribution in [2.24, 2.45) is 5.92 Å². The van der Waals surface area contributed by atoms with Crippen LogP contribution in [0.3, 0.4) is 0 Å². The molecule has 0 saturated carbocycles. The number of aryl methyl sites for hydroxylation is 1. The first-order valence-electron chi connectivity index (χ1n) is 8.46. The van der Waals surface area contributed by atoms with Crippen LogP contribution in [0.25, 0.3) is 0 Å². The van der Waals surface area contributed by atoms with Gasteiger partial charge in [-0.05, 0) is 37.7 Å². The van der Waals surface area contributed by atoms with Gasteiger partial charge in [-0.2, -0.15) is 0 Å². The molecule has 0 atom stereocenters. The molecule has 3 rings (SSSR count). The third kappa shape index (κ3) is 4.00. The van der Waals surface area contributed by atoms with Gasteiger partial charge in [0.2, 0.25) is 0 Å². The predicted molar refractivity (Wildman–Crippen MR) is 86.0 cm³/mol. The highest BCUT2D eigenvalue weighted by Gasteiger charge is 2.24. The summed E-state index contributed by atoms with van der Waals surface area (Å²) in [6.45, 7) is 4.67. The molecule has 6 nitrogen and oxygen atoms in total. The Hall–Kier alpha value is -2.11. The summed E-state index contributed by atoms with van der Waals surface area (Å²) in [5.41, 5.74) is 1.72. The van der Waals surface area contributed by atoms with E-state index in [1.165, 1.54) is 12.7 Å². The monoisotopic (exact) mass is 316 g/mol. The van der Waals surface area contributed by atoms with Gasteiger partial charge in [-0.25, -0.2) is 0 Å². The summed E-state index contributed by atoms with van der Waals surface area (Å²) in [7, 11) is 0. The maximum atomic E-state index is 12.3. The number of carbonyl (C=O) groups is 1. The maximum Gasteiger partial charge on any atom is 0.257 e. The second-order valence-electron chi connectivity index (χ2n) is 6.28. The van der Waals surface area contributed by atoms with Gasteiger partial charge >= 0.3 is 0 Å². The molecule has 0 aromatic carbocycles. The second kappa shape index (κ2) is 7.44. The quantitative estimate of drug-likeness (QED) is 0.822. The molecule has 1 aliphatic rings. The van der Waals surface area contributed by atoms with Gasteiger partial charge in [0.05, 0.1) is 17.5 Å². The standard InChI is InChI=1S/C17H24N4O2/c1-2-3-4-16-12-21(19-18-16)11-14-5-8-20(9-6-14)17(22)15-7-10-23-13-15/h7,10,12-14H,2-6,8-9,11H2,1H3. The Morgan fingerprint density at radius 3 is 2.91 bits per heavy atom. The van der Waals surface area contributed by atoms with Gasteiger partial charge in [-0.3, -0.25) is 9.48 Å². The fourth-order valence-corrected chi connectivity index (χ4v) is 3.05. The number of hydrogen-bond acceptors (Lipinski definition) is 4. The lowest BCUT2D eigenvalue weighted by Gasteiger charge is -2.31. The summed E-state index contributed by atoms with van der Waals surface area (Å²) in [4.78, 5) is 14.2. The summed E-state index contributed by atoms with van der Waals surface area (Å²) in [5, 5.41) is 8.47. The first-order valence-corrected chi connectivity index (χ1v) is 8.46. The molecule has 2 aromatic rings. The molecule has 1 aliphatic heterocycles. The molecule has 1 amide bonds. The van der Waals surface area contributed by atoms with E-state index in [2.05, 4.69) is 23.4 Å². The molecule has 0 spiro atoms. The Bertz CT molecular complexity index is 612. The number of furan rings is 1. The van der Waals surface area contributed by atoms with Crippen molar-refractivity contribution in [2.45, 2.75) is 45.6 Å². The van der Waals surface area contributed by atoms with Crippen LogP contribution in [0.4, 0.5) is 0 Å². The molecule has 124 valence electrons. The zero-order valence-electron chi connectivity index (χ0n) is 13.6. The van der Waals surface area contributed by atoms with Crippen molar-refractivity contribution < 1.29 is 9.21 Å². The number of amides is 1. The number of carbonyl (C=O) groups excluding carboxylic acids is 1. The van der Waals surface area contributed by atoms with E-state index in [-0.39, 0.29) is 5.91 Å². The van der Waals surface area contributed by atoms with Gasteiger partial charge in [-0.15, -0.1) is 5.10 Å². The number of rotatable bonds is 6. The average molecular weight is 316 g/mol. The van der Waals surface area contributed by atoms with Crippen molar-refractivity contribution in [1.29, 1.82) is 0 Å². The zero-order chi connectivity index (χ0) is 16.1. The van der Waals surface area contributed by atoms with E-state index in [1.807, 2.05) is 9.58 Å². The summed E-state index contributed by atoms with van der Waals surface area (Å²) in [6, 6.07) is 1.72. The first-order chi connectivity index (χ1) is 11.3. The second-order valence-corrected chi connectivity index (χ2v) is 6.28. The van der Waals surface area contributed by atoms with Crippen LogP contribution in [0.2, 0.25) is 0 Å². The normalized spacial score (nSPS) is 16.0. The van der Waals surface area contributed by atoms with E-state index in [0.29, 0.717) is 11.5 Å². The number of unbranched alkanes of at least 4 members (excludes halogenated alkanes) is 1. The van der Waals surface area contributed by atoms with E-state index in [4.69, 9.17) is 4.42 Å². The smallest absolute Gasteiger partial charge is 0.257 e. The van der Waals surface area contributed by atoms with Crippen LogP contribution >= 0.6 is 0 Å². The molecular formula is C17H24N4O2. The summed E-state index contributed by atoms with van der Waals surface area (Å²) in [6.07, 6.45) is 10.5. The van der Waals surface area contributed by atoms with Crippen molar-refractivity contribution in [3.05, 3.63) is 36.0 Å². The topological polar surface area (TPSA) is 64.2 Å². The predicted octanol–water partition coefficient (Wildman–Crippen LogP) is 2.77. The molecule has 0 unspecified atom stereocenters. The van der Waals surface area contributed by atoms with E-state index >= 15 is 0 Å². The van der Waals surface area contributed by atoms with Gasteiger partial charge in [0.15, 0.2) is 0 Å². The molecule has 3 heterocycles. The number of piperidine rings is 1. The molecule has 0 aliphatic carbocycles. The van der Waals surface area contributed by atoms with Crippen molar-refractivity contribution >= 4 is 5.91 Å². The van der Waals surface area contributed by atoms with Gasteiger partial charge in [0.1, 0.15) is 6.26 Å². The van der Waals surface area contributed by atoms with E-state index in [1.54, 1.807) is 12.3 Å². The summed E-state index contributed by atoms with van der Waals surface area (Å²) < 4.78 is 6.95. The number of hydrogen-bond donors (Lipinski definition) is 0. The lowest BCUT2D eigenvalue weighted by atomic mass is 9.96. The summed E-state index contributed by atoms with van der Waals surface area (Å²) in [5.74, 6) is 0.629. The van der Waals surface area contributed by atoms with Crippen LogP contribution < -0.4 is 0 Å². The lowest BCUT2D eigenvalue weighted by Crippen LogP contribution is -2.39. The van der Waals surface area contributed by atoms with E-state index in [9.17, 15) is 4.79 Å². The van der Waals surface area contributed by atoms with Crippen molar-refractivity contribution in [3.63, 3.8) is 0 Å². The van der Waals surface area contributed by atoms with Crippen LogP contribution in [0, 0.1) is 5.92 Å². The van der Waals surface area contributed by atoms with E-state index in [0.717, 1.165) is 51.0 Å². The average Bonchev–Trinajstić information content (AvgIpc) is 3.25. The minimum Gasteiger partial charge on any atom is -0.472 e. The summed E-state index contributed by atoms with van der Waals surface area (Å²) >= 11 is 0. The molecule has 1 fully saturated rings. The molecule has 0 radical (unpaired) electrons. The van der Waals surface area contributed by atoms with Crippen LogP contribution in [-0.2, 0) is 13.0 Å². The Morgan fingerprint density at radius 2 is 2.22 bits per heavy atom. The molecule has 23 heavy (non-hydrogen) atoms. The van der Waals surface area contributed by atoms with Gasteiger partial charge < -0.3 is 9.32 Å². The van der Waals surface area contributed by atoms with Crippen molar-refractivity contribution in [2.75, 3.05) is 13.1 Å². The van der Waals surface area contributed by atoms with Crippen LogP contribution in [0.5, 0.6) is 0 Å². The molecule has 2 aromatic heterocycles. The van der Waals surface area contributed by atoms with Crippen molar-refractivity contribution in [3.8, 4) is 0 Å². The molecular weight excluding hydrogens is 292 g/mol. The molecule has 6 heteroatoms. The van der Waals surface area contributed by atoms with Crippen LogP contribution in [0.15, 0.2) is 29.2 Å². The number of nitrogens with zero attached hydrogens (tertiary/aromatic N) is 4. The molecule has 1 saturated heterocycles. The third-order valence-electron chi connectivity index (χ3n) is 4.49. The molecule has 0 bridgehead atoms. The number of likely N-dealkylation sites (tertiary alicyclic amines) is 1. The minimum atomic E-state index is 0.0693. The minimum absolute atomic E-state index is 0.0693. The Balaban J connectivity index is 1.47. The molecule has 0 N–H and O–H groups in total. The van der Waals surface area contributed by atoms with Crippen LogP contribution in [0.1, 0.15) is 48.7 Å². The SMILES string of the molecule is CCCCc1cn(CC2CCN(C(=O)c3ccoc3)CC2)nn1. The maximum absolute atomic E-state index is 12.3. The van der Waals surface area contributed by atoms with Gasteiger partial charge in [0.25, 0.3) is 5.91 Å². The third-order valence-corrected chi connectivity index (χ3v) is 4.49. The Labute approximate surface area is 136 Å². The highest BCUT2D eigenvalue weighted by molar-refractivity contribution is 5.93.